The minimum Gasteiger partial charge on any atom is -0.468 e. The Bertz CT molecular complexity index is 504. The normalized spacial score (nSPS) is 12.6. The summed E-state index contributed by atoms with van der Waals surface area (Å²) in [6, 6.07) is 10.7. The molecule has 0 fully saturated rings. The second kappa shape index (κ2) is 6.83. The van der Waals surface area contributed by atoms with Gasteiger partial charge in [-0.2, -0.15) is 0 Å². The van der Waals surface area contributed by atoms with Crippen molar-refractivity contribution in [1.82, 2.24) is 0 Å². The Kier molecular flexibility index (Phi) is 5.11. The largest absolute Gasteiger partial charge is 0.468 e. The molecule has 2 aromatic rings. The Morgan fingerprint density at radius 3 is 2.53 bits per heavy atom. The lowest BCUT2D eigenvalue weighted by Crippen LogP contribution is -2.12. The molecule has 1 unspecified atom stereocenters. The van der Waals surface area contributed by atoms with Crippen molar-refractivity contribution in [2.45, 2.75) is 37.6 Å². The number of nitrogens with two attached hydrogens (primary N) is 1. The molecule has 2 N–H and O–H groups in total. The summed E-state index contributed by atoms with van der Waals surface area (Å²) in [6.07, 6.45) is 4.04. The lowest BCUT2D eigenvalue weighted by molar-refractivity contribution is 0.527. The first-order valence-corrected chi connectivity index (χ1v) is 7.70. The van der Waals surface area contributed by atoms with Crippen molar-refractivity contribution in [3.05, 3.63) is 53.5 Å². The summed E-state index contributed by atoms with van der Waals surface area (Å²) in [5.74, 6) is 1.84. The molecule has 19 heavy (non-hydrogen) atoms. The average Bonchev–Trinajstić information content (AvgIpc) is 2.83. The summed E-state index contributed by atoms with van der Waals surface area (Å²) < 4.78 is 5.28. The zero-order chi connectivity index (χ0) is 13.7. The van der Waals surface area contributed by atoms with E-state index in [4.69, 9.17) is 10.2 Å². The van der Waals surface area contributed by atoms with Crippen LogP contribution in [0.3, 0.4) is 0 Å². The number of furan rings is 1. The van der Waals surface area contributed by atoms with Gasteiger partial charge in [-0.1, -0.05) is 37.6 Å². The molecule has 2 rings (SSSR count). The van der Waals surface area contributed by atoms with E-state index < -0.39 is 0 Å². The molecule has 0 spiro atoms. The summed E-state index contributed by atoms with van der Waals surface area (Å²) >= 11 is 1.75. The summed E-state index contributed by atoms with van der Waals surface area (Å²) in [4.78, 5) is 1.18. The molecule has 0 aliphatic carbocycles. The predicted octanol–water partition coefficient (Wildman–Crippen LogP) is 4.33. The number of thioether (sulfide) groups is 1. The van der Waals surface area contributed by atoms with Crippen molar-refractivity contribution in [3.8, 4) is 0 Å². The summed E-state index contributed by atoms with van der Waals surface area (Å²) in [5, 5.41) is 0. The highest BCUT2D eigenvalue weighted by Gasteiger charge is 2.09. The lowest BCUT2D eigenvalue weighted by atomic mass is 10.0. The highest BCUT2D eigenvalue weighted by Crippen LogP contribution is 2.27. The van der Waals surface area contributed by atoms with Crippen LogP contribution >= 0.6 is 11.8 Å². The topological polar surface area (TPSA) is 39.2 Å². The van der Waals surface area contributed by atoms with E-state index in [1.165, 1.54) is 22.4 Å². The van der Waals surface area contributed by atoms with Gasteiger partial charge in [0.05, 0.1) is 6.26 Å². The first-order chi connectivity index (χ1) is 9.20. The van der Waals surface area contributed by atoms with Gasteiger partial charge >= 0.3 is 0 Å². The van der Waals surface area contributed by atoms with Gasteiger partial charge < -0.3 is 10.2 Å². The van der Waals surface area contributed by atoms with Crippen LogP contribution in [0.4, 0.5) is 0 Å². The Hall–Kier alpha value is -1.19. The van der Waals surface area contributed by atoms with Crippen molar-refractivity contribution < 1.29 is 4.42 Å². The third-order valence-corrected chi connectivity index (χ3v) is 4.44. The molecule has 0 aliphatic rings. The minimum absolute atomic E-state index is 0.0648. The zero-order valence-corrected chi connectivity index (χ0v) is 12.4. The summed E-state index contributed by atoms with van der Waals surface area (Å²) in [7, 11) is 0. The van der Waals surface area contributed by atoms with Crippen molar-refractivity contribution in [1.29, 1.82) is 0 Å². The first-order valence-electron chi connectivity index (χ1n) is 6.72. The molecular weight excluding hydrogens is 254 g/mol. The van der Waals surface area contributed by atoms with Gasteiger partial charge in [0.15, 0.2) is 0 Å². The first kappa shape index (κ1) is 14.2. The molecule has 0 saturated carbocycles. The SMILES string of the molecule is CCCc1ccc(C(N)CSc2ccoc2C)cc1. The Balaban J connectivity index is 1.92. The van der Waals surface area contributed by atoms with Crippen molar-refractivity contribution in [3.63, 3.8) is 0 Å². The maximum Gasteiger partial charge on any atom is 0.114 e. The van der Waals surface area contributed by atoms with Crippen molar-refractivity contribution in [2.75, 3.05) is 5.75 Å². The second-order valence-electron chi connectivity index (χ2n) is 4.75. The van der Waals surface area contributed by atoms with E-state index in [0.717, 1.165) is 17.9 Å². The molecule has 1 aromatic carbocycles. The van der Waals surface area contributed by atoms with Gasteiger partial charge in [0.2, 0.25) is 0 Å². The number of aryl methyl sites for hydroxylation is 2. The Labute approximate surface area is 119 Å². The fraction of sp³-hybridized carbons (Fsp3) is 0.375. The molecule has 0 bridgehead atoms. The molecule has 1 aromatic heterocycles. The molecule has 0 aliphatic heterocycles. The van der Waals surface area contributed by atoms with Crippen LogP contribution in [-0.4, -0.2) is 5.75 Å². The number of benzene rings is 1. The van der Waals surface area contributed by atoms with Crippen LogP contribution in [0.5, 0.6) is 0 Å². The lowest BCUT2D eigenvalue weighted by Gasteiger charge is -2.12. The number of hydrogen-bond acceptors (Lipinski definition) is 3. The fourth-order valence-electron chi connectivity index (χ4n) is 2.02. The van der Waals surface area contributed by atoms with E-state index in [1.807, 2.05) is 13.0 Å². The van der Waals surface area contributed by atoms with E-state index in [0.29, 0.717) is 0 Å². The van der Waals surface area contributed by atoms with Gasteiger partial charge in [-0.3, -0.25) is 0 Å². The monoisotopic (exact) mass is 275 g/mol. The summed E-state index contributed by atoms with van der Waals surface area (Å²) in [5.41, 5.74) is 8.82. The van der Waals surface area contributed by atoms with E-state index in [-0.39, 0.29) is 6.04 Å². The van der Waals surface area contributed by atoms with E-state index in [9.17, 15) is 0 Å². The fourth-order valence-corrected chi connectivity index (χ4v) is 2.97. The Morgan fingerprint density at radius 1 is 1.21 bits per heavy atom. The van der Waals surface area contributed by atoms with Gasteiger partial charge in [-0.05, 0) is 30.5 Å². The zero-order valence-electron chi connectivity index (χ0n) is 11.6. The van der Waals surface area contributed by atoms with E-state index >= 15 is 0 Å². The maximum atomic E-state index is 6.23. The minimum atomic E-state index is 0.0648. The second-order valence-corrected chi connectivity index (χ2v) is 5.81. The van der Waals surface area contributed by atoms with Gasteiger partial charge in [-0.15, -0.1) is 11.8 Å². The van der Waals surface area contributed by atoms with Crippen molar-refractivity contribution >= 4 is 11.8 Å². The number of rotatable bonds is 6. The molecule has 3 heteroatoms. The van der Waals surface area contributed by atoms with Crippen LogP contribution in [0.1, 0.15) is 36.3 Å². The third kappa shape index (κ3) is 3.88. The standard InChI is InChI=1S/C16H21NOS/c1-3-4-13-5-7-14(8-6-13)15(17)11-19-16-9-10-18-12(16)2/h5-10,15H,3-4,11,17H2,1-2H3. The Morgan fingerprint density at radius 2 is 1.95 bits per heavy atom. The van der Waals surface area contributed by atoms with Gasteiger partial charge in [0.1, 0.15) is 5.76 Å². The quantitative estimate of drug-likeness (QED) is 0.797. The van der Waals surface area contributed by atoms with Crippen LogP contribution in [0.2, 0.25) is 0 Å². The molecule has 102 valence electrons. The average molecular weight is 275 g/mol. The number of hydrogen-bond donors (Lipinski definition) is 1. The molecule has 1 heterocycles. The molecule has 0 amide bonds. The van der Waals surface area contributed by atoms with E-state index in [1.54, 1.807) is 18.0 Å². The van der Waals surface area contributed by atoms with Crippen molar-refractivity contribution in [2.24, 2.45) is 5.73 Å². The maximum absolute atomic E-state index is 6.23. The third-order valence-electron chi connectivity index (χ3n) is 3.18. The molecular formula is C16H21NOS. The van der Waals surface area contributed by atoms with Crippen LogP contribution in [-0.2, 0) is 6.42 Å². The van der Waals surface area contributed by atoms with Crippen LogP contribution in [0, 0.1) is 6.92 Å². The predicted molar refractivity (Wildman–Crippen MR) is 81.5 cm³/mol. The van der Waals surface area contributed by atoms with Crippen LogP contribution < -0.4 is 5.73 Å². The van der Waals surface area contributed by atoms with Crippen LogP contribution in [0.25, 0.3) is 0 Å². The smallest absolute Gasteiger partial charge is 0.114 e. The van der Waals surface area contributed by atoms with E-state index in [2.05, 4.69) is 31.2 Å². The van der Waals surface area contributed by atoms with Gasteiger partial charge in [0.25, 0.3) is 0 Å². The summed E-state index contributed by atoms with van der Waals surface area (Å²) in [6.45, 7) is 4.18. The van der Waals surface area contributed by atoms with Crippen LogP contribution in [0.15, 0.2) is 45.9 Å². The molecule has 2 nitrogen and oxygen atoms in total. The van der Waals surface area contributed by atoms with Gasteiger partial charge in [0, 0.05) is 16.7 Å². The molecule has 1 atom stereocenters. The van der Waals surface area contributed by atoms with Gasteiger partial charge in [-0.25, -0.2) is 0 Å². The molecule has 0 radical (unpaired) electrons. The highest BCUT2D eigenvalue weighted by atomic mass is 32.2. The highest BCUT2D eigenvalue weighted by molar-refractivity contribution is 7.99. The molecule has 0 saturated heterocycles.